The lowest BCUT2D eigenvalue weighted by Gasteiger charge is -2.34. The zero-order valence-electron chi connectivity index (χ0n) is 13.8. The van der Waals surface area contributed by atoms with Gasteiger partial charge in [0.25, 0.3) is 0 Å². The predicted octanol–water partition coefficient (Wildman–Crippen LogP) is 3.00. The molecule has 1 N–H and O–H groups in total. The number of hydrogen-bond donors (Lipinski definition) is 1. The van der Waals surface area contributed by atoms with Crippen LogP contribution < -0.4 is 5.32 Å². The van der Waals surface area contributed by atoms with Crippen LogP contribution in [-0.2, 0) is 16.1 Å². The molecule has 0 aliphatic carbocycles. The second-order valence-electron chi connectivity index (χ2n) is 5.93. The third kappa shape index (κ3) is 4.77. The van der Waals surface area contributed by atoms with Gasteiger partial charge in [-0.05, 0) is 32.1 Å². The number of carbonyl (C=O) groups excluding carboxylic acids is 1. The molecule has 0 spiro atoms. The third-order valence-corrected chi connectivity index (χ3v) is 4.41. The van der Waals surface area contributed by atoms with Crippen molar-refractivity contribution in [1.29, 1.82) is 0 Å². The first-order valence-corrected chi connectivity index (χ1v) is 8.81. The first-order valence-electron chi connectivity index (χ1n) is 7.93. The Bertz CT molecular complexity index is 686. The fraction of sp³-hybridized carbons (Fsp3) is 0.412. The molecule has 1 saturated heterocycles. The number of anilines is 1. The number of hydrogen-bond acceptors (Lipinski definition) is 6. The lowest BCUT2D eigenvalue weighted by Crippen LogP contribution is -2.44. The van der Waals surface area contributed by atoms with Gasteiger partial charge in [-0.2, -0.15) is 0 Å². The highest BCUT2D eigenvalue weighted by atomic mass is 32.1. The molecule has 1 fully saturated rings. The van der Waals surface area contributed by atoms with E-state index in [2.05, 4.69) is 29.0 Å². The summed E-state index contributed by atoms with van der Waals surface area (Å²) in [5.74, 6) is 0.418. The normalized spacial score (nSPS) is 22.1. The second kappa shape index (κ2) is 7.74. The number of aromatic nitrogens is 1. The summed E-state index contributed by atoms with van der Waals surface area (Å²) in [7, 11) is 0. The first kappa shape index (κ1) is 16.9. The number of morpholine rings is 1. The maximum absolute atomic E-state index is 11.9. The molecule has 2 aromatic heterocycles. The summed E-state index contributed by atoms with van der Waals surface area (Å²) in [5.41, 5.74) is 0.964. The van der Waals surface area contributed by atoms with Crippen LogP contribution in [0.3, 0.4) is 0 Å². The zero-order valence-corrected chi connectivity index (χ0v) is 14.6. The lowest BCUT2D eigenvalue weighted by atomic mass is 10.2. The summed E-state index contributed by atoms with van der Waals surface area (Å²) in [4.78, 5) is 18.7. The van der Waals surface area contributed by atoms with E-state index in [1.807, 2.05) is 5.38 Å². The number of ether oxygens (including phenoxy) is 1. The Balaban J connectivity index is 1.52. The molecule has 0 unspecified atom stereocenters. The van der Waals surface area contributed by atoms with E-state index in [0.717, 1.165) is 25.3 Å². The molecule has 1 amide bonds. The maximum Gasteiger partial charge on any atom is 0.250 e. The summed E-state index contributed by atoms with van der Waals surface area (Å²) in [6, 6.07) is 3.56. The van der Waals surface area contributed by atoms with Gasteiger partial charge in [0, 0.05) is 31.1 Å². The molecule has 3 heterocycles. The molecule has 128 valence electrons. The summed E-state index contributed by atoms with van der Waals surface area (Å²) < 4.78 is 10.9. The van der Waals surface area contributed by atoms with Crippen LogP contribution in [0.2, 0.25) is 0 Å². The molecular formula is C17H21N3O3S. The summed E-state index contributed by atoms with van der Waals surface area (Å²) >= 11 is 1.43. The molecule has 24 heavy (non-hydrogen) atoms. The van der Waals surface area contributed by atoms with Gasteiger partial charge in [-0.25, -0.2) is 4.98 Å². The molecule has 1 aliphatic rings. The Morgan fingerprint density at radius 1 is 1.46 bits per heavy atom. The molecule has 2 atom stereocenters. The minimum Gasteiger partial charge on any atom is -0.465 e. The van der Waals surface area contributed by atoms with Crippen molar-refractivity contribution in [2.24, 2.45) is 0 Å². The van der Waals surface area contributed by atoms with Crippen molar-refractivity contribution in [1.82, 2.24) is 9.88 Å². The van der Waals surface area contributed by atoms with Gasteiger partial charge in [0.15, 0.2) is 5.13 Å². The summed E-state index contributed by atoms with van der Waals surface area (Å²) in [5, 5.41) is 5.36. The smallest absolute Gasteiger partial charge is 0.250 e. The van der Waals surface area contributed by atoms with Crippen molar-refractivity contribution >= 4 is 28.5 Å². The van der Waals surface area contributed by atoms with Crippen molar-refractivity contribution in [2.45, 2.75) is 32.6 Å². The highest BCUT2D eigenvalue weighted by molar-refractivity contribution is 7.13. The fourth-order valence-electron chi connectivity index (χ4n) is 2.77. The first-order chi connectivity index (χ1) is 11.6. The molecule has 2 aromatic rings. The van der Waals surface area contributed by atoms with Gasteiger partial charge < -0.3 is 9.15 Å². The van der Waals surface area contributed by atoms with E-state index >= 15 is 0 Å². The van der Waals surface area contributed by atoms with Crippen LogP contribution in [0, 0.1) is 0 Å². The topological polar surface area (TPSA) is 67.6 Å². The second-order valence-corrected chi connectivity index (χ2v) is 6.79. The molecule has 0 aromatic carbocycles. The van der Waals surface area contributed by atoms with Crippen LogP contribution in [0.5, 0.6) is 0 Å². The Kier molecular flexibility index (Phi) is 5.44. The summed E-state index contributed by atoms with van der Waals surface area (Å²) in [6.45, 7) is 6.74. The van der Waals surface area contributed by atoms with E-state index in [1.165, 1.54) is 17.4 Å². The molecule has 0 saturated carbocycles. The zero-order chi connectivity index (χ0) is 16.9. The van der Waals surface area contributed by atoms with Gasteiger partial charge >= 0.3 is 0 Å². The van der Waals surface area contributed by atoms with Gasteiger partial charge in [-0.1, -0.05) is 0 Å². The van der Waals surface area contributed by atoms with Crippen LogP contribution in [0.1, 0.15) is 25.3 Å². The molecular weight excluding hydrogens is 326 g/mol. The number of amides is 1. The van der Waals surface area contributed by atoms with E-state index in [-0.39, 0.29) is 18.1 Å². The van der Waals surface area contributed by atoms with E-state index in [1.54, 1.807) is 24.5 Å². The van der Waals surface area contributed by atoms with Crippen LogP contribution in [0.4, 0.5) is 5.13 Å². The average Bonchev–Trinajstić information content (AvgIpc) is 3.16. The lowest BCUT2D eigenvalue weighted by molar-refractivity contribution is -0.111. The number of thiazole rings is 1. The Labute approximate surface area is 145 Å². The van der Waals surface area contributed by atoms with Crippen LogP contribution in [0.25, 0.3) is 6.08 Å². The van der Waals surface area contributed by atoms with Crippen molar-refractivity contribution in [3.8, 4) is 0 Å². The Morgan fingerprint density at radius 3 is 2.96 bits per heavy atom. The largest absolute Gasteiger partial charge is 0.465 e. The van der Waals surface area contributed by atoms with Crippen molar-refractivity contribution in [3.63, 3.8) is 0 Å². The minimum absolute atomic E-state index is 0.221. The predicted molar refractivity (Wildman–Crippen MR) is 93.8 cm³/mol. The molecule has 0 bridgehead atoms. The van der Waals surface area contributed by atoms with Crippen LogP contribution in [0.15, 0.2) is 34.3 Å². The molecule has 7 heteroatoms. The third-order valence-electron chi connectivity index (χ3n) is 3.60. The Hall–Kier alpha value is -1.96. The maximum atomic E-state index is 11.9. The van der Waals surface area contributed by atoms with Crippen LogP contribution in [-0.4, -0.2) is 41.1 Å². The molecule has 6 nitrogen and oxygen atoms in total. The van der Waals surface area contributed by atoms with Gasteiger partial charge in [0.2, 0.25) is 5.91 Å². The van der Waals surface area contributed by atoms with Crippen molar-refractivity contribution in [2.75, 3.05) is 18.4 Å². The number of nitrogens with one attached hydrogen (secondary N) is 1. The number of rotatable bonds is 5. The van der Waals surface area contributed by atoms with Gasteiger partial charge in [-0.3, -0.25) is 15.0 Å². The molecule has 1 aliphatic heterocycles. The molecule has 0 radical (unpaired) electrons. The quantitative estimate of drug-likeness (QED) is 0.842. The van der Waals surface area contributed by atoms with Crippen LogP contribution >= 0.6 is 11.3 Å². The van der Waals surface area contributed by atoms with Gasteiger partial charge in [0.05, 0.1) is 24.2 Å². The van der Waals surface area contributed by atoms with Gasteiger partial charge in [0.1, 0.15) is 5.76 Å². The average molecular weight is 347 g/mol. The van der Waals surface area contributed by atoms with E-state index in [4.69, 9.17) is 9.15 Å². The highest BCUT2D eigenvalue weighted by Crippen LogP contribution is 2.19. The minimum atomic E-state index is -0.221. The van der Waals surface area contributed by atoms with E-state index in [0.29, 0.717) is 10.9 Å². The monoisotopic (exact) mass is 347 g/mol. The highest BCUT2D eigenvalue weighted by Gasteiger charge is 2.22. The Morgan fingerprint density at radius 2 is 2.25 bits per heavy atom. The van der Waals surface area contributed by atoms with Gasteiger partial charge in [-0.15, -0.1) is 11.3 Å². The van der Waals surface area contributed by atoms with E-state index in [9.17, 15) is 4.79 Å². The molecule has 3 rings (SSSR count). The number of furan rings is 1. The number of carbonyl (C=O) groups is 1. The summed E-state index contributed by atoms with van der Waals surface area (Å²) in [6.07, 6.45) is 5.10. The van der Waals surface area contributed by atoms with Crippen molar-refractivity contribution in [3.05, 3.63) is 41.3 Å². The van der Waals surface area contributed by atoms with Crippen molar-refractivity contribution < 1.29 is 13.9 Å². The number of nitrogens with zero attached hydrogens (tertiary/aromatic N) is 2. The SMILES string of the molecule is C[C@@H]1CN(Cc2csc(NC(=O)/C=C\c3ccco3)n2)C[C@H](C)O1. The van der Waals surface area contributed by atoms with E-state index < -0.39 is 0 Å². The fourth-order valence-corrected chi connectivity index (χ4v) is 3.47. The standard InChI is InChI=1S/C17H21N3O3S/c1-12-8-20(9-13(2)23-12)10-14-11-24-17(18-14)19-16(21)6-5-15-4-3-7-22-15/h3-7,11-13H,8-10H2,1-2H3,(H,18,19,21)/b6-5-/t12-,13+.